The summed E-state index contributed by atoms with van der Waals surface area (Å²) in [7, 11) is 0. The van der Waals surface area contributed by atoms with Crippen molar-refractivity contribution in [1.29, 1.82) is 0 Å². The van der Waals surface area contributed by atoms with Gasteiger partial charge in [-0.2, -0.15) is 0 Å². The van der Waals surface area contributed by atoms with Crippen molar-refractivity contribution in [3.05, 3.63) is 24.3 Å². The molecule has 0 saturated heterocycles. The maximum absolute atomic E-state index is 12.0. The molecule has 0 radical (unpaired) electrons. The van der Waals surface area contributed by atoms with E-state index in [0.29, 0.717) is 6.04 Å². The lowest BCUT2D eigenvalue weighted by molar-refractivity contribution is -0.120. The summed E-state index contributed by atoms with van der Waals surface area (Å²) in [5.41, 5.74) is 1.96. The van der Waals surface area contributed by atoms with Gasteiger partial charge in [-0.15, -0.1) is 0 Å². The Morgan fingerprint density at radius 2 is 1.53 bits per heavy atom. The monoisotopic (exact) mass is 262 g/mol. The van der Waals surface area contributed by atoms with Crippen molar-refractivity contribution in [2.45, 2.75) is 53.0 Å². The van der Waals surface area contributed by atoms with E-state index in [1.165, 1.54) is 0 Å². The quantitative estimate of drug-likeness (QED) is 0.770. The van der Waals surface area contributed by atoms with Gasteiger partial charge in [-0.25, -0.2) is 0 Å². The van der Waals surface area contributed by atoms with Gasteiger partial charge in [0.2, 0.25) is 5.91 Å². The summed E-state index contributed by atoms with van der Waals surface area (Å²) in [4.78, 5) is 12.0. The molecule has 2 N–H and O–H groups in total. The number of rotatable bonds is 7. The van der Waals surface area contributed by atoms with Crippen molar-refractivity contribution in [2.75, 3.05) is 10.6 Å². The highest BCUT2D eigenvalue weighted by molar-refractivity contribution is 5.92. The van der Waals surface area contributed by atoms with Crippen LogP contribution in [0.25, 0.3) is 0 Å². The Kier molecular flexibility index (Phi) is 6.40. The summed E-state index contributed by atoms with van der Waals surface area (Å²) >= 11 is 0. The molecule has 1 aromatic carbocycles. The number of nitrogens with one attached hydrogen (secondary N) is 2. The van der Waals surface area contributed by atoms with Crippen molar-refractivity contribution in [1.82, 2.24) is 0 Å². The van der Waals surface area contributed by atoms with Gasteiger partial charge < -0.3 is 10.6 Å². The minimum absolute atomic E-state index is 0.109. The normalized spacial score (nSPS) is 12.3. The Labute approximate surface area is 116 Å². The third kappa shape index (κ3) is 4.93. The number of hydrogen-bond donors (Lipinski definition) is 2. The predicted octanol–water partition coefficient (Wildman–Crippen LogP) is 4.27. The van der Waals surface area contributed by atoms with Crippen molar-refractivity contribution in [2.24, 2.45) is 5.92 Å². The number of benzene rings is 1. The number of amides is 1. The average Bonchev–Trinajstić information content (AvgIpc) is 2.42. The van der Waals surface area contributed by atoms with Crippen LogP contribution in [0.2, 0.25) is 0 Å². The van der Waals surface area contributed by atoms with Gasteiger partial charge in [0.15, 0.2) is 0 Å². The molecule has 0 fully saturated rings. The molecule has 19 heavy (non-hydrogen) atoms. The average molecular weight is 262 g/mol. The van der Waals surface area contributed by atoms with Crippen molar-refractivity contribution < 1.29 is 4.79 Å². The fraction of sp³-hybridized carbons (Fsp3) is 0.562. The topological polar surface area (TPSA) is 41.1 Å². The van der Waals surface area contributed by atoms with Crippen LogP contribution in [0.4, 0.5) is 11.4 Å². The SMILES string of the molecule is CCC(C)Nc1ccc(NC(=O)C(CC)CC)cc1. The van der Waals surface area contributed by atoms with Gasteiger partial charge in [0.1, 0.15) is 0 Å². The summed E-state index contributed by atoms with van der Waals surface area (Å²) in [6, 6.07) is 8.38. The smallest absolute Gasteiger partial charge is 0.227 e. The van der Waals surface area contributed by atoms with Crippen LogP contribution in [0.3, 0.4) is 0 Å². The Morgan fingerprint density at radius 3 is 2.00 bits per heavy atom. The zero-order chi connectivity index (χ0) is 14.3. The van der Waals surface area contributed by atoms with E-state index in [0.717, 1.165) is 30.6 Å². The molecule has 3 nitrogen and oxygen atoms in total. The van der Waals surface area contributed by atoms with Gasteiger partial charge in [-0.1, -0.05) is 20.8 Å². The Hall–Kier alpha value is -1.51. The van der Waals surface area contributed by atoms with Gasteiger partial charge >= 0.3 is 0 Å². The predicted molar refractivity (Wildman–Crippen MR) is 82.5 cm³/mol. The summed E-state index contributed by atoms with van der Waals surface area (Å²) in [6.45, 7) is 8.41. The van der Waals surface area contributed by atoms with Crippen LogP contribution in [-0.4, -0.2) is 11.9 Å². The largest absolute Gasteiger partial charge is 0.383 e. The molecule has 3 heteroatoms. The molecule has 0 heterocycles. The first-order valence-corrected chi connectivity index (χ1v) is 7.28. The van der Waals surface area contributed by atoms with E-state index in [9.17, 15) is 4.79 Å². The highest BCUT2D eigenvalue weighted by Crippen LogP contribution is 2.17. The Balaban J connectivity index is 2.59. The molecule has 1 aromatic rings. The Bertz CT molecular complexity index is 382. The number of carbonyl (C=O) groups excluding carboxylic acids is 1. The molecular weight excluding hydrogens is 236 g/mol. The van der Waals surface area contributed by atoms with Gasteiger partial charge in [-0.3, -0.25) is 4.79 Å². The van der Waals surface area contributed by atoms with Crippen LogP contribution in [0, 0.1) is 5.92 Å². The van der Waals surface area contributed by atoms with Crippen LogP contribution in [-0.2, 0) is 4.79 Å². The van der Waals surface area contributed by atoms with Crippen molar-refractivity contribution in [3.8, 4) is 0 Å². The van der Waals surface area contributed by atoms with Gasteiger partial charge in [0, 0.05) is 23.3 Å². The maximum atomic E-state index is 12.0. The lowest BCUT2D eigenvalue weighted by Crippen LogP contribution is -2.21. The summed E-state index contributed by atoms with van der Waals surface area (Å²) in [5.74, 6) is 0.227. The first-order valence-electron chi connectivity index (χ1n) is 7.28. The van der Waals surface area contributed by atoms with E-state index < -0.39 is 0 Å². The molecule has 1 atom stereocenters. The number of hydrogen-bond acceptors (Lipinski definition) is 2. The first-order chi connectivity index (χ1) is 9.10. The Morgan fingerprint density at radius 1 is 1.00 bits per heavy atom. The molecule has 0 aliphatic heterocycles. The second-order valence-corrected chi connectivity index (χ2v) is 5.03. The van der Waals surface area contributed by atoms with Crippen LogP contribution in [0.5, 0.6) is 0 Å². The molecule has 1 amide bonds. The standard InChI is InChI=1S/C16H26N2O/c1-5-12(4)17-14-8-10-15(11-9-14)18-16(19)13(6-2)7-3/h8-13,17H,5-7H2,1-4H3,(H,18,19). The molecular formula is C16H26N2O. The van der Waals surface area contributed by atoms with Crippen LogP contribution in [0.15, 0.2) is 24.3 Å². The molecule has 0 spiro atoms. The molecule has 0 saturated carbocycles. The second-order valence-electron chi connectivity index (χ2n) is 5.03. The van der Waals surface area contributed by atoms with E-state index in [1.807, 2.05) is 38.1 Å². The minimum atomic E-state index is 0.109. The lowest BCUT2D eigenvalue weighted by atomic mass is 10.0. The highest BCUT2D eigenvalue weighted by Gasteiger charge is 2.13. The minimum Gasteiger partial charge on any atom is -0.383 e. The van der Waals surface area contributed by atoms with E-state index >= 15 is 0 Å². The molecule has 106 valence electrons. The van der Waals surface area contributed by atoms with Gasteiger partial charge in [0.25, 0.3) is 0 Å². The second kappa shape index (κ2) is 7.82. The van der Waals surface area contributed by atoms with Crippen LogP contribution < -0.4 is 10.6 Å². The van der Waals surface area contributed by atoms with E-state index in [2.05, 4.69) is 24.5 Å². The summed E-state index contributed by atoms with van der Waals surface area (Å²) in [6.07, 6.45) is 2.86. The lowest BCUT2D eigenvalue weighted by Gasteiger charge is -2.15. The summed E-state index contributed by atoms with van der Waals surface area (Å²) < 4.78 is 0. The summed E-state index contributed by atoms with van der Waals surface area (Å²) in [5, 5.41) is 6.38. The fourth-order valence-corrected chi connectivity index (χ4v) is 1.94. The number of anilines is 2. The van der Waals surface area contributed by atoms with Crippen molar-refractivity contribution >= 4 is 17.3 Å². The van der Waals surface area contributed by atoms with Crippen LogP contribution in [0.1, 0.15) is 47.0 Å². The molecule has 0 aromatic heterocycles. The molecule has 0 bridgehead atoms. The molecule has 0 aliphatic carbocycles. The third-order valence-electron chi connectivity index (χ3n) is 3.53. The first kappa shape index (κ1) is 15.5. The fourth-order valence-electron chi connectivity index (χ4n) is 1.94. The highest BCUT2D eigenvalue weighted by atomic mass is 16.1. The van der Waals surface area contributed by atoms with Gasteiger partial charge in [0.05, 0.1) is 0 Å². The zero-order valence-corrected chi connectivity index (χ0v) is 12.5. The van der Waals surface area contributed by atoms with Gasteiger partial charge in [-0.05, 0) is 50.5 Å². The number of carbonyl (C=O) groups is 1. The van der Waals surface area contributed by atoms with Crippen molar-refractivity contribution in [3.63, 3.8) is 0 Å². The maximum Gasteiger partial charge on any atom is 0.227 e. The third-order valence-corrected chi connectivity index (χ3v) is 3.53. The van der Waals surface area contributed by atoms with Crippen LogP contribution >= 0.6 is 0 Å². The molecule has 0 aliphatic rings. The molecule has 1 unspecified atom stereocenters. The van der Waals surface area contributed by atoms with E-state index in [-0.39, 0.29) is 11.8 Å². The van der Waals surface area contributed by atoms with E-state index in [1.54, 1.807) is 0 Å². The van der Waals surface area contributed by atoms with E-state index in [4.69, 9.17) is 0 Å². The molecule has 1 rings (SSSR count). The zero-order valence-electron chi connectivity index (χ0n) is 12.5.